The van der Waals surface area contributed by atoms with Gasteiger partial charge < -0.3 is 5.32 Å². The van der Waals surface area contributed by atoms with E-state index >= 15 is 0 Å². The van der Waals surface area contributed by atoms with Gasteiger partial charge in [-0.15, -0.1) is 0 Å². The number of carbonyl (C=O) groups excluding carboxylic acids is 1. The number of aryl methyl sites for hydroxylation is 1. The Bertz CT molecular complexity index is 374. The third-order valence-electron chi connectivity index (χ3n) is 3.05. The van der Waals surface area contributed by atoms with Crippen LogP contribution in [0.15, 0.2) is 24.3 Å². The van der Waals surface area contributed by atoms with Gasteiger partial charge in [0.2, 0.25) is 5.91 Å². The monoisotopic (exact) mass is 281 g/mol. The molecule has 0 radical (unpaired) electrons. The summed E-state index contributed by atoms with van der Waals surface area (Å²) in [6.07, 6.45) is 2.06. The molecule has 2 unspecified atom stereocenters. The number of hydrogen-bond acceptors (Lipinski definition) is 1. The first kappa shape index (κ1) is 11.6. The quantitative estimate of drug-likeness (QED) is 0.844. The van der Waals surface area contributed by atoms with Gasteiger partial charge in [-0.2, -0.15) is 0 Å². The van der Waals surface area contributed by atoms with Crippen LogP contribution in [0.5, 0.6) is 0 Å². The Hall–Kier alpha value is -0.830. The molecule has 0 spiro atoms. The van der Waals surface area contributed by atoms with Crippen molar-refractivity contribution in [2.24, 2.45) is 11.8 Å². The highest BCUT2D eigenvalue weighted by Gasteiger charge is 2.38. The summed E-state index contributed by atoms with van der Waals surface area (Å²) in [6, 6.07) is 8.08. The molecule has 0 saturated heterocycles. The fraction of sp³-hybridized carbons (Fsp3) is 0.462. The second-order valence-electron chi connectivity index (χ2n) is 4.44. The van der Waals surface area contributed by atoms with Gasteiger partial charge in [0.25, 0.3) is 0 Å². The number of benzene rings is 1. The van der Waals surface area contributed by atoms with Crippen molar-refractivity contribution in [2.75, 3.05) is 10.6 Å². The average molecular weight is 282 g/mol. The van der Waals surface area contributed by atoms with E-state index in [0.717, 1.165) is 23.9 Å². The van der Waals surface area contributed by atoms with Crippen LogP contribution >= 0.6 is 15.9 Å². The number of carbonyl (C=O) groups is 1. The van der Waals surface area contributed by atoms with Gasteiger partial charge in [0.1, 0.15) is 0 Å². The lowest BCUT2D eigenvalue weighted by atomic mass is 10.1. The van der Waals surface area contributed by atoms with Gasteiger partial charge in [0.05, 0.1) is 0 Å². The van der Waals surface area contributed by atoms with E-state index in [1.54, 1.807) is 0 Å². The zero-order chi connectivity index (χ0) is 11.5. The van der Waals surface area contributed by atoms with Crippen LogP contribution in [0.25, 0.3) is 0 Å². The van der Waals surface area contributed by atoms with Crippen molar-refractivity contribution in [1.82, 2.24) is 0 Å². The third kappa shape index (κ3) is 2.85. The van der Waals surface area contributed by atoms with Gasteiger partial charge in [-0.05, 0) is 36.5 Å². The first-order chi connectivity index (χ1) is 7.70. The predicted molar refractivity (Wildman–Crippen MR) is 69.8 cm³/mol. The maximum atomic E-state index is 11.7. The van der Waals surface area contributed by atoms with E-state index in [9.17, 15) is 4.79 Å². The summed E-state index contributed by atoms with van der Waals surface area (Å²) in [6.45, 7) is 2.11. The number of nitrogens with one attached hydrogen (secondary N) is 1. The van der Waals surface area contributed by atoms with Crippen LogP contribution in [0.4, 0.5) is 5.69 Å². The molecule has 1 aromatic rings. The van der Waals surface area contributed by atoms with Crippen molar-refractivity contribution in [3.05, 3.63) is 29.8 Å². The van der Waals surface area contributed by atoms with Crippen LogP contribution in [0.3, 0.4) is 0 Å². The van der Waals surface area contributed by atoms with Gasteiger partial charge in [-0.3, -0.25) is 4.79 Å². The van der Waals surface area contributed by atoms with Crippen molar-refractivity contribution in [1.29, 1.82) is 0 Å². The van der Waals surface area contributed by atoms with E-state index < -0.39 is 0 Å². The number of halogens is 1. The SMILES string of the molecule is CC1CC1C(=O)Nc1ccc(CCBr)cc1. The van der Waals surface area contributed by atoms with E-state index in [0.29, 0.717) is 5.92 Å². The number of anilines is 1. The highest BCUT2D eigenvalue weighted by atomic mass is 79.9. The lowest BCUT2D eigenvalue weighted by Gasteiger charge is -2.05. The fourth-order valence-corrected chi connectivity index (χ4v) is 2.24. The number of alkyl halides is 1. The molecule has 1 saturated carbocycles. The summed E-state index contributed by atoms with van der Waals surface area (Å²) in [4.78, 5) is 11.7. The molecule has 1 aliphatic carbocycles. The molecule has 0 aromatic heterocycles. The average Bonchev–Trinajstić information content (AvgIpc) is 2.99. The first-order valence-corrected chi connectivity index (χ1v) is 6.78. The standard InChI is InChI=1S/C13H16BrNO/c1-9-8-12(9)13(16)15-11-4-2-10(3-5-11)6-7-14/h2-5,9,12H,6-8H2,1H3,(H,15,16). The summed E-state index contributed by atoms with van der Waals surface area (Å²) in [5, 5.41) is 3.92. The molecule has 3 heteroatoms. The predicted octanol–water partition coefficient (Wildman–Crippen LogP) is 3.22. The molecule has 86 valence electrons. The zero-order valence-corrected chi connectivity index (χ0v) is 11.0. The van der Waals surface area contributed by atoms with Crippen LogP contribution in [-0.2, 0) is 11.2 Å². The highest BCUT2D eigenvalue weighted by Crippen LogP contribution is 2.38. The number of hydrogen-bond donors (Lipinski definition) is 1. The van der Waals surface area contributed by atoms with Gasteiger partial charge in [0.15, 0.2) is 0 Å². The Kier molecular flexibility index (Phi) is 3.64. The van der Waals surface area contributed by atoms with Crippen molar-refractivity contribution >= 4 is 27.5 Å². The van der Waals surface area contributed by atoms with E-state index in [4.69, 9.17) is 0 Å². The van der Waals surface area contributed by atoms with Crippen molar-refractivity contribution < 1.29 is 4.79 Å². The molecule has 16 heavy (non-hydrogen) atoms. The van der Waals surface area contributed by atoms with Crippen LogP contribution in [0.2, 0.25) is 0 Å². The molecule has 1 amide bonds. The summed E-state index contributed by atoms with van der Waals surface area (Å²) in [5.41, 5.74) is 2.19. The summed E-state index contributed by atoms with van der Waals surface area (Å²) in [5.74, 6) is 0.968. The topological polar surface area (TPSA) is 29.1 Å². The Morgan fingerprint density at radius 2 is 2.06 bits per heavy atom. The van der Waals surface area contributed by atoms with Crippen molar-refractivity contribution in [3.8, 4) is 0 Å². The Balaban J connectivity index is 1.92. The molecular formula is C13H16BrNO. The highest BCUT2D eigenvalue weighted by molar-refractivity contribution is 9.09. The molecule has 1 aliphatic rings. The summed E-state index contributed by atoms with van der Waals surface area (Å²) < 4.78 is 0. The second-order valence-corrected chi connectivity index (χ2v) is 5.24. The molecule has 0 aliphatic heterocycles. The molecule has 2 atom stereocenters. The van der Waals surface area contributed by atoms with Crippen LogP contribution in [0.1, 0.15) is 18.9 Å². The fourth-order valence-electron chi connectivity index (χ4n) is 1.79. The van der Waals surface area contributed by atoms with E-state index in [2.05, 4.69) is 40.3 Å². The number of amides is 1. The normalized spacial score (nSPS) is 22.9. The molecule has 1 N–H and O–H groups in total. The number of rotatable bonds is 4. The van der Waals surface area contributed by atoms with Crippen LogP contribution < -0.4 is 5.32 Å². The van der Waals surface area contributed by atoms with E-state index in [-0.39, 0.29) is 11.8 Å². The minimum Gasteiger partial charge on any atom is -0.326 e. The maximum Gasteiger partial charge on any atom is 0.227 e. The minimum absolute atomic E-state index is 0.167. The molecule has 2 nitrogen and oxygen atoms in total. The molecule has 0 heterocycles. The van der Waals surface area contributed by atoms with Crippen LogP contribution in [0, 0.1) is 11.8 Å². The summed E-state index contributed by atoms with van der Waals surface area (Å²) in [7, 11) is 0. The third-order valence-corrected chi connectivity index (χ3v) is 3.45. The van der Waals surface area contributed by atoms with Gasteiger partial charge in [-0.1, -0.05) is 35.0 Å². The molecule has 1 aromatic carbocycles. The first-order valence-electron chi connectivity index (χ1n) is 5.66. The Labute approximate surface area is 105 Å². The summed E-state index contributed by atoms with van der Waals surface area (Å²) >= 11 is 3.41. The molecule has 0 bridgehead atoms. The second kappa shape index (κ2) is 5.00. The minimum atomic E-state index is 0.167. The zero-order valence-electron chi connectivity index (χ0n) is 9.37. The smallest absolute Gasteiger partial charge is 0.227 e. The van der Waals surface area contributed by atoms with Gasteiger partial charge in [-0.25, -0.2) is 0 Å². The molecular weight excluding hydrogens is 266 g/mol. The molecule has 2 rings (SSSR count). The van der Waals surface area contributed by atoms with E-state index in [1.165, 1.54) is 5.56 Å². The Morgan fingerprint density at radius 3 is 2.56 bits per heavy atom. The lowest BCUT2D eigenvalue weighted by molar-refractivity contribution is -0.117. The van der Waals surface area contributed by atoms with Crippen molar-refractivity contribution in [2.45, 2.75) is 19.8 Å². The van der Waals surface area contributed by atoms with Gasteiger partial charge >= 0.3 is 0 Å². The Morgan fingerprint density at radius 1 is 1.44 bits per heavy atom. The maximum absolute atomic E-state index is 11.7. The van der Waals surface area contributed by atoms with Crippen molar-refractivity contribution in [3.63, 3.8) is 0 Å². The molecule has 1 fully saturated rings. The largest absolute Gasteiger partial charge is 0.326 e. The van der Waals surface area contributed by atoms with Gasteiger partial charge in [0, 0.05) is 16.9 Å². The van der Waals surface area contributed by atoms with E-state index in [1.807, 2.05) is 12.1 Å². The van der Waals surface area contributed by atoms with Crippen LogP contribution in [-0.4, -0.2) is 11.2 Å². The lowest BCUT2D eigenvalue weighted by Crippen LogP contribution is -2.14.